The van der Waals surface area contributed by atoms with Crippen molar-refractivity contribution in [2.24, 2.45) is 0 Å². The number of hydrogen-bond acceptors (Lipinski definition) is 3. The van der Waals surface area contributed by atoms with Crippen LogP contribution in [0.3, 0.4) is 0 Å². The number of carbonyl (C=O) groups is 2. The lowest BCUT2D eigenvalue weighted by molar-refractivity contribution is -0.143. The van der Waals surface area contributed by atoms with E-state index in [1.54, 1.807) is 6.92 Å². The molecular weight excluding hydrogens is 194 g/mol. The summed E-state index contributed by atoms with van der Waals surface area (Å²) in [5, 5.41) is 2.76. The number of hydrogen-bond donors (Lipinski definition) is 1. The van der Waals surface area contributed by atoms with E-state index in [4.69, 9.17) is 4.74 Å². The number of amides is 1. The molecule has 0 saturated carbocycles. The largest absolute Gasteiger partial charge is 0.466 e. The number of nitrogens with one attached hydrogen (secondary N) is 1. The summed E-state index contributed by atoms with van der Waals surface area (Å²) in [6.45, 7) is 5.70. The highest BCUT2D eigenvalue weighted by molar-refractivity contribution is 5.75. The van der Waals surface area contributed by atoms with E-state index in [0.29, 0.717) is 6.61 Å². The van der Waals surface area contributed by atoms with Gasteiger partial charge in [-0.2, -0.15) is 0 Å². The molecule has 1 unspecified atom stereocenters. The zero-order valence-corrected chi connectivity index (χ0v) is 9.84. The molecule has 4 heteroatoms. The minimum atomic E-state index is -0.243. The first kappa shape index (κ1) is 13.9. The second-order valence-electron chi connectivity index (χ2n) is 3.55. The fraction of sp³-hybridized carbons (Fsp3) is 0.818. The fourth-order valence-electron chi connectivity index (χ4n) is 1.38. The van der Waals surface area contributed by atoms with E-state index in [1.807, 2.05) is 0 Å². The lowest BCUT2D eigenvalue weighted by atomic mass is 10.1. The normalized spacial score (nSPS) is 11.9. The molecule has 0 rings (SSSR count). The molecule has 0 saturated heterocycles. The molecule has 0 bridgehead atoms. The van der Waals surface area contributed by atoms with Crippen molar-refractivity contribution in [1.29, 1.82) is 0 Å². The third-order valence-corrected chi connectivity index (χ3v) is 2.03. The zero-order valence-electron chi connectivity index (χ0n) is 9.84. The summed E-state index contributed by atoms with van der Waals surface area (Å²) in [4.78, 5) is 22.1. The van der Waals surface area contributed by atoms with Crippen LogP contribution < -0.4 is 5.32 Å². The minimum absolute atomic E-state index is 0.0819. The molecule has 0 spiro atoms. The molecular formula is C11H21NO3. The fourth-order valence-corrected chi connectivity index (χ4v) is 1.38. The minimum Gasteiger partial charge on any atom is -0.466 e. The van der Waals surface area contributed by atoms with E-state index >= 15 is 0 Å². The molecule has 0 heterocycles. The summed E-state index contributed by atoms with van der Waals surface area (Å²) < 4.78 is 4.84. The second-order valence-corrected chi connectivity index (χ2v) is 3.55. The molecule has 15 heavy (non-hydrogen) atoms. The average Bonchev–Trinajstić information content (AvgIpc) is 2.13. The SMILES string of the molecule is CCCCC(CC(=O)OCC)NC(C)=O. The lowest BCUT2D eigenvalue weighted by Crippen LogP contribution is -2.35. The van der Waals surface area contributed by atoms with Crippen molar-refractivity contribution in [2.45, 2.75) is 52.5 Å². The van der Waals surface area contributed by atoms with Crippen molar-refractivity contribution < 1.29 is 14.3 Å². The number of carbonyl (C=O) groups excluding carboxylic acids is 2. The molecule has 88 valence electrons. The monoisotopic (exact) mass is 215 g/mol. The summed E-state index contributed by atoms with van der Waals surface area (Å²) in [7, 11) is 0. The van der Waals surface area contributed by atoms with Crippen LogP contribution in [0.1, 0.15) is 46.5 Å². The van der Waals surface area contributed by atoms with Gasteiger partial charge in [0, 0.05) is 13.0 Å². The standard InChI is InChI=1S/C11H21NO3/c1-4-6-7-10(12-9(3)13)8-11(14)15-5-2/h10H,4-8H2,1-3H3,(H,12,13). The molecule has 0 aromatic rings. The molecule has 1 amide bonds. The Balaban J connectivity index is 3.98. The predicted molar refractivity (Wildman–Crippen MR) is 58.4 cm³/mol. The summed E-state index contributed by atoms with van der Waals surface area (Å²) in [6.07, 6.45) is 3.16. The quantitative estimate of drug-likeness (QED) is 0.657. The first-order valence-corrected chi connectivity index (χ1v) is 5.52. The van der Waals surface area contributed by atoms with Crippen LogP contribution in [0, 0.1) is 0 Å². The van der Waals surface area contributed by atoms with Gasteiger partial charge >= 0.3 is 5.97 Å². The molecule has 1 N–H and O–H groups in total. The molecule has 0 aromatic heterocycles. The van der Waals surface area contributed by atoms with Crippen molar-refractivity contribution in [3.8, 4) is 0 Å². The van der Waals surface area contributed by atoms with Gasteiger partial charge in [-0.3, -0.25) is 9.59 Å². The Labute approximate surface area is 91.4 Å². The van der Waals surface area contributed by atoms with Crippen molar-refractivity contribution >= 4 is 11.9 Å². The number of rotatable bonds is 7. The molecule has 0 aliphatic heterocycles. The van der Waals surface area contributed by atoms with E-state index in [2.05, 4.69) is 12.2 Å². The van der Waals surface area contributed by atoms with E-state index in [1.165, 1.54) is 6.92 Å². The van der Waals surface area contributed by atoms with Crippen LogP contribution in [0.5, 0.6) is 0 Å². The topological polar surface area (TPSA) is 55.4 Å². The predicted octanol–water partition coefficient (Wildman–Crippen LogP) is 1.63. The van der Waals surface area contributed by atoms with E-state index in [9.17, 15) is 9.59 Å². The van der Waals surface area contributed by atoms with Gasteiger partial charge in [0.25, 0.3) is 0 Å². The maximum atomic E-state index is 11.2. The Morgan fingerprint density at radius 3 is 2.47 bits per heavy atom. The molecule has 1 atom stereocenters. The number of ether oxygens (including phenoxy) is 1. The Morgan fingerprint density at radius 2 is 2.00 bits per heavy atom. The summed E-state index contributed by atoms with van der Waals surface area (Å²) >= 11 is 0. The Kier molecular flexibility index (Phi) is 7.68. The van der Waals surface area contributed by atoms with Gasteiger partial charge in [0.2, 0.25) is 5.91 Å². The highest BCUT2D eigenvalue weighted by atomic mass is 16.5. The van der Waals surface area contributed by atoms with Crippen LogP contribution in [0.4, 0.5) is 0 Å². The van der Waals surface area contributed by atoms with E-state index < -0.39 is 0 Å². The molecule has 0 aliphatic carbocycles. The maximum Gasteiger partial charge on any atom is 0.307 e. The van der Waals surface area contributed by atoms with Gasteiger partial charge in [-0.15, -0.1) is 0 Å². The average molecular weight is 215 g/mol. The lowest BCUT2D eigenvalue weighted by Gasteiger charge is -2.16. The van der Waals surface area contributed by atoms with Crippen LogP contribution in [0.25, 0.3) is 0 Å². The van der Waals surface area contributed by atoms with Gasteiger partial charge in [-0.25, -0.2) is 0 Å². The highest BCUT2D eigenvalue weighted by Gasteiger charge is 2.14. The van der Waals surface area contributed by atoms with Crippen molar-refractivity contribution in [3.63, 3.8) is 0 Å². The molecule has 0 aromatic carbocycles. The number of esters is 1. The van der Waals surface area contributed by atoms with Crippen LogP contribution in [0.15, 0.2) is 0 Å². The Morgan fingerprint density at radius 1 is 1.33 bits per heavy atom. The summed E-state index contributed by atoms with van der Waals surface area (Å²) in [5.74, 6) is -0.340. The highest BCUT2D eigenvalue weighted by Crippen LogP contribution is 2.05. The summed E-state index contributed by atoms with van der Waals surface area (Å²) in [5.41, 5.74) is 0. The Hall–Kier alpha value is -1.06. The zero-order chi connectivity index (χ0) is 11.7. The second kappa shape index (κ2) is 8.26. The van der Waals surface area contributed by atoms with Gasteiger partial charge in [-0.1, -0.05) is 19.8 Å². The van der Waals surface area contributed by atoms with Gasteiger partial charge in [0.1, 0.15) is 0 Å². The molecule has 4 nitrogen and oxygen atoms in total. The van der Waals surface area contributed by atoms with Crippen LogP contribution >= 0.6 is 0 Å². The van der Waals surface area contributed by atoms with Crippen molar-refractivity contribution in [3.05, 3.63) is 0 Å². The number of unbranched alkanes of at least 4 members (excludes halogenated alkanes) is 1. The summed E-state index contributed by atoms with van der Waals surface area (Å²) in [6, 6.07) is -0.0819. The third kappa shape index (κ3) is 7.97. The van der Waals surface area contributed by atoms with Crippen LogP contribution in [-0.4, -0.2) is 24.5 Å². The first-order chi connectivity index (χ1) is 7.10. The molecule has 0 fully saturated rings. The molecule has 0 radical (unpaired) electrons. The van der Waals surface area contributed by atoms with Crippen LogP contribution in [0.2, 0.25) is 0 Å². The first-order valence-electron chi connectivity index (χ1n) is 5.52. The molecule has 0 aliphatic rings. The van der Waals surface area contributed by atoms with E-state index in [-0.39, 0.29) is 24.3 Å². The Bertz CT molecular complexity index is 204. The van der Waals surface area contributed by atoms with E-state index in [0.717, 1.165) is 19.3 Å². The van der Waals surface area contributed by atoms with Gasteiger partial charge < -0.3 is 10.1 Å². The van der Waals surface area contributed by atoms with Gasteiger partial charge in [0.15, 0.2) is 0 Å². The van der Waals surface area contributed by atoms with Crippen LogP contribution in [-0.2, 0) is 14.3 Å². The van der Waals surface area contributed by atoms with Crippen molar-refractivity contribution in [2.75, 3.05) is 6.61 Å². The third-order valence-electron chi connectivity index (χ3n) is 2.03. The van der Waals surface area contributed by atoms with Gasteiger partial charge in [-0.05, 0) is 13.3 Å². The smallest absolute Gasteiger partial charge is 0.307 e. The maximum absolute atomic E-state index is 11.2. The van der Waals surface area contributed by atoms with Crippen molar-refractivity contribution in [1.82, 2.24) is 5.32 Å². The van der Waals surface area contributed by atoms with Gasteiger partial charge in [0.05, 0.1) is 13.0 Å².